The molecule has 0 aliphatic carbocycles. The van der Waals surface area contributed by atoms with Crippen LogP contribution in [0.15, 0.2) is 71.6 Å². The van der Waals surface area contributed by atoms with Crippen molar-refractivity contribution in [3.63, 3.8) is 0 Å². The van der Waals surface area contributed by atoms with E-state index in [2.05, 4.69) is 23.9 Å². The van der Waals surface area contributed by atoms with Crippen molar-refractivity contribution in [2.75, 3.05) is 23.3 Å². The van der Waals surface area contributed by atoms with Gasteiger partial charge >= 0.3 is 0 Å². The second-order valence-electron chi connectivity index (χ2n) is 8.12. The first-order chi connectivity index (χ1) is 16.2. The number of ether oxygens (including phenoxy) is 2. The predicted molar refractivity (Wildman–Crippen MR) is 134 cm³/mol. The molecule has 0 aliphatic rings. The Bertz CT molecular complexity index is 1220. The zero-order valence-electron chi connectivity index (χ0n) is 19.8. The molecule has 0 saturated carbocycles. The van der Waals surface area contributed by atoms with Crippen LogP contribution in [0.1, 0.15) is 37.8 Å². The third kappa shape index (κ3) is 6.74. The van der Waals surface area contributed by atoms with Gasteiger partial charge in [0, 0.05) is 11.4 Å². The number of hydrogen-bond donors (Lipinski definition) is 2. The summed E-state index contributed by atoms with van der Waals surface area (Å²) in [6.07, 6.45) is 0. The van der Waals surface area contributed by atoms with Crippen molar-refractivity contribution in [2.45, 2.75) is 38.5 Å². The van der Waals surface area contributed by atoms with Crippen LogP contribution in [-0.4, -0.2) is 27.5 Å². The minimum atomic E-state index is -3.78. The fraction of sp³-hybridized carbons (Fsp3) is 0.269. The number of nitrogens with one attached hydrogen (secondary N) is 2. The Kier molecular flexibility index (Phi) is 8.17. The van der Waals surface area contributed by atoms with Crippen molar-refractivity contribution in [1.82, 2.24) is 0 Å². The van der Waals surface area contributed by atoms with Crippen molar-refractivity contribution in [2.24, 2.45) is 0 Å². The molecule has 0 saturated heterocycles. The second kappa shape index (κ2) is 11.1. The molecule has 3 rings (SSSR count). The first kappa shape index (κ1) is 25.1. The largest absolute Gasteiger partial charge is 0.494 e. The molecule has 0 unspecified atom stereocenters. The van der Waals surface area contributed by atoms with Gasteiger partial charge in [0.2, 0.25) is 0 Å². The van der Waals surface area contributed by atoms with Gasteiger partial charge in [0.15, 0.2) is 6.61 Å². The average molecular weight is 483 g/mol. The van der Waals surface area contributed by atoms with Crippen LogP contribution in [0.4, 0.5) is 11.4 Å². The number of hydrogen-bond acceptors (Lipinski definition) is 5. The van der Waals surface area contributed by atoms with Crippen LogP contribution < -0.4 is 19.5 Å². The van der Waals surface area contributed by atoms with Gasteiger partial charge in [-0.3, -0.25) is 9.52 Å². The highest BCUT2D eigenvalue weighted by atomic mass is 32.2. The molecule has 8 heteroatoms. The van der Waals surface area contributed by atoms with Gasteiger partial charge in [-0.15, -0.1) is 0 Å². The van der Waals surface area contributed by atoms with Crippen LogP contribution >= 0.6 is 0 Å². The van der Waals surface area contributed by atoms with E-state index in [-0.39, 0.29) is 23.3 Å². The van der Waals surface area contributed by atoms with E-state index >= 15 is 0 Å². The quantitative estimate of drug-likeness (QED) is 0.407. The van der Waals surface area contributed by atoms with Crippen LogP contribution in [-0.2, 0) is 14.8 Å². The summed E-state index contributed by atoms with van der Waals surface area (Å²) in [6.45, 7) is 8.36. The lowest BCUT2D eigenvalue weighted by Gasteiger charge is -2.15. The number of carbonyl (C=O) groups excluding carboxylic acids is 1. The summed E-state index contributed by atoms with van der Waals surface area (Å²) >= 11 is 0. The summed E-state index contributed by atoms with van der Waals surface area (Å²) in [6, 6.07) is 18.6. The highest BCUT2D eigenvalue weighted by Gasteiger charge is 2.15. The molecular weight excluding hydrogens is 452 g/mol. The maximum atomic E-state index is 12.7. The van der Waals surface area contributed by atoms with E-state index < -0.39 is 10.0 Å². The fourth-order valence-corrected chi connectivity index (χ4v) is 4.36. The lowest BCUT2D eigenvalue weighted by molar-refractivity contribution is -0.118. The summed E-state index contributed by atoms with van der Waals surface area (Å²) in [4.78, 5) is 12.5. The van der Waals surface area contributed by atoms with Gasteiger partial charge in [0.1, 0.15) is 11.5 Å². The third-order valence-electron chi connectivity index (χ3n) is 5.02. The predicted octanol–water partition coefficient (Wildman–Crippen LogP) is 5.34. The summed E-state index contributed by atoms with van der Waals surface area (Å²) < 4.78 is 39.0. The molecule has 180 valence electrons. The van der Waals surface area contributed by atoms with Crippen molar-refractivity contribution in [1.29, 1.82) is 0 Å². The Labute approximate surface area is 201 Å². The molecule has 0 spiro atoms. The second-order valence-corrected chi connectivity index (χ2v) is 9.80. The van der Waals surface area contributed by atoms with Gasteiger partial charge in [-0.2, -0.15) is 0 Å². The van der Waals surface area contributed by atoms with Crippen LogP contribution in [0.5, 0.6) is 11.5 Å². The molecule has 0 atom stereocenters. The number of carbonyl (C=O) groups is 1. The monoisotopic (exact) mass is 482 g/mol. The van der Waals surface area contributed by atoms with E-state index in [1.54, 1.807) is 24.3 Å². The van der Waals surface area contributed by atoms with Gasteiger partial charge in [-0.05, 0) is 85.5 Å². The number of benzene rings is 3. The van der Waals surface area contributed by atoms with Gasteiger partial charge in [0.05, 0.1) is 11.5 Å². The SMILES string of the molecule is CCOc1ccc(NS(=O)(=O)c2ccc(NC(=O)COc3cc(C)ccc3C(C)C)cc2)cc1. The number of amides is 1. The lowest BCUT2D eigenvalue weighted by Crippen LogP contribution is -2.20. The van der Waals surface area contributed by atoms with E-state index in [0.717, 1.165) is 11.1 Å². The number of rotatable bonds is 10. The van der Waals surface area contributed by atoms with Crippen molar-refractivity contribution in [3.8, 4) is 11.5 Å². The average Bonchev–Trinajstić information content (AvgIpc) is 2.79. The van der Waals surface area contributed by atoms with Gasteiger partial charge < -0.3 is 14.8 Å². The Morgan fingerprint density at radius 3 is 2.18 bits per heavy atom. The summed E-state index contributed by atoms with van der Waals surface area (Å²) in [5.41, 5.74) is 2.99. The Morgan fingerprint density at radius 1 is 0.912 bits per heavy atom. The molecule has 0 aliphatic heterocycles. The summed E-state index contributed by atoms with van der Waals surface area (Å²) in [5.74, 6) is 1.29. The number of sulfonamides is 1. The van der Waals surface area contributed by atoms with Crippen LogP contribution in [0.3, 0.4) is 0 Å². The third-order valence-corrected chi connectivity index (χ3v) is 6.41. The molecule has 0 aromatic heterocycles. The molecule has 3 aromatic carbocycles. The Hall–Kier alpha value is -3.52. The molecule has 7 nitrogen and oxygen atoms in total. The van der Waals surface area contributed by atoms with Gasteiger partial charge in [-0.25, -0.2) is 8.42 Å². The topological polar surface area (TPSA) is 93.7 Å². The van der Waals surface area contributed by atoms with Crippen molar-refractivity contribution in [3.05, 3.63) is 77.9 Å². The van der Waals surface area contributed by atoms with Gasteiger partial charge in [0.25, 0.3) is 15.9 Å². The minimum absolute atomic E-state index is 0.0805. The van der Waals surface area contributed by atoms with E-state index in [0.29, 0.717) is 29.5 Å². The molecule has 0 bridgehead atoms. The maximum Gasteiger partial charge on any atom is 0.262 e. The molecule has 0 fully saturated rings. The summed E-state index contributed by atoms with van der Waals surface area (Å²) in [7, 11) is -3.78. The van der Waals surface area contributed by atoms with Crippen LogP contribution in [0.2, 0.25) is 0 Å². The molecule has 1 amide bonds. The highest BCUT2D eigenvalue weighted by molar-refractivity contribution is 7.92. The maximum absolute atomic E-state index is 12.7. The molecular formula is C26H30N2O5S. The van der Waals surface area contributed by atoms with Crippen LogP contribution in [0.25, 0.3) is 0 Å². The zero-order chi connectivity index (χ0) is 24.7. The van der Waals surface area contributed by atoms with Crippen LogP contribution in [0, 0.1) is 6.92 Å². The molecule has 0 radical (unpaired) electrons. The molecule has 2 N–H and O–H groups in total. The van der Waals surface area contributed by atoms with Crippen molar-refractivity contribution < 1.29 is 22.7 Å². The smallest absolute Gasteiger partial charge is 0.262 e. The Balaban J connectivity index is 1.59. The summed E-state index contributed by atoms with van der Waals surface area (Å²) in [5, 5.41) is 2.73. The number of anilines is 2. The van der Waals surface area contributed by atoms with E-state index in [1.165, 1.54) is 24.3 Å². The van der Waals surface area contributed by atoms with Gasteiger partial charge in [-0.1, -0.05) is 26.0 Å². The Morgan fingerprint density at radius 2 is 1.56 bits per heavy atom. The highest BCUT2D eigenvalue weighted by Crippen LogP contribution is 2.27. The normalized spacial score (nSPS) is 11.2. The minimum Gasteiger partial charge on any atom is -0.494 e. The van der Waals surface area contributed by atoms with E-state index in [1.807, 2.05) is 32.0 Å². The van der Waals surface area contributed by atoms with Crippen molar-refractivity contribution >= 4 is 27.3 Å². The molecule has 0 heterocycles. The first-order valence-electron chi connectivity index (χ1n) is 11.1. The first-order valence-corrected chi connectivity index (χ1v) is 12.5. The standard InChI is InChI=1S/C26H30N2O5S/c1-5-32-22-11-7-21(8-12-22)28-34(30,31)23-13-9-20(10-14-23)27-26(29)17-33-25-16-19(4)6-15-24(25)18(2)3/h6-16,18,28H,5,17H2,1-4H3,(H,27,29). The lowest BCUT2D eigenvalue weighted by atomic mass is 10.0. The number of aryl methyl sites for hydroxylation is 1. The molecule has 3 aromatic rings. The van der Waals surface area contributed by atoms with E-state index in [4.69, 9.17) is 9.47 Å². The molecule has 34 heavy (non-hydrogen) atoms. The van der Waals surface area contributed by atoms with E-state index in [9.17, 15) is 13.2 Å². The fourth-order valence-electron chi connectivity index (χ4n) is 3.30. The zero-order valence-corrected chi connectivity index (χ0v) is 20.6.